The molecule has 0 aliphatic carbocycles. The summed E-state index contributed by atoms with van der Waals surface area (Å²) in [6, 6.07) is 10.3. The maximum absolute atomic E-state index is 11.5. The van der Waals surface area contributed by atoms with Gasteiger partial charge in [-0.05, 0) is 24.3 Å². The predicted molar refractivity (Wildman–Crippen MR) is 79.0 cm³/mol. The first kappa shape index (κ1) is 15.7. The molecule has 0 radical (unpaired) electrons. The van der Waals surface area contributed by atoms with Crippen molar-refractivity contribution in [2.24, 2.45) is 5.92 Å². The Kier molecular flexibility index (Phi) is 7.95. The van der Waals surface area contributed by atoms with Gasteiger partial charge >= 0.3 is 5.97 Å². The predicted octanol–water partition coefficient (Wildman–Crippen LogP) is 4.38. The van der Waals surface area contributed by atoms with Gasteiger partial charge in [-0.2, -0.15) is 0 Å². The molecule has 1 rings (SSSR count). The van der Waals surface area contributed by atoms with Gasteiger partial charge in [0.05, 0.1) is 6.61 Å². The lowest BCUT2D eigenvalue weighted by Crippen LogP contribution is -2.13. The van der Waals surface area contributed by atoms with Crippen molar-refractivity contribution in [2.45, 2.75) is 52.4 Å². The summed E-state index contributed by atoms with van der Waals surface area (Å²) < 4.78 is 5.32. The Bertz CT molecular complexity index is 346. The van der Waals surface area contributed by atoms with Crippen LogP contribution in [0.4, 0.5) is 0 Å². The van der Waals surface area contributed by atoms with Gasteiger partial charge in [0, 0.05) is 6.42 Å². The quantitative estimate of drug-likeness (QED) is 0.487. The van der Waals surface area contributed by atoms with E-state index in [0.29, 0.717) is 18.9 Å². The molecule has 0 amide bonds. The van der Waals surface area contributed by atoms with Gasteiger partial charge in [0.2, 0.25) is 0 Å². The molecule has 0 bridgehead atoms. The number of ether oxygens (including phenoxy) is 1. The molecular formula is C17H26O2. The molecule has 0 fully saturated rings. The molecule has 0 aliphatic heterocycles. The van der Waals surface area contributed by atoms with E-state index in [9.17, 15) is 4.79 Å². The SMILES string of the molecule is CCCCCCC(=O)OC[C@H](C)Cc1ccccc1. The second-order valence-corrected chi connectivity index (χ2v) is 5.29. The van der Waals surface area contributed by atoms with Crippen molar-refractivity contribution in [3.8, 4) is 0 Å². The number of unbranched alkanes of at least 4 members (excludes halogenated alkanes) is 3. The number of carbonyl (C=O) groups excluding carboxylic acids is 1. The Balaban J connectivity index is 2.12. The van der Waals surface area contributed by atoms with E-state index < -0.39 is 0 Å². The molecule has 0 aromatic heterocycles. The fourth-order valence-electron chi connectivity index (χ4n) is 2.08. The van der Waals surface area contributed by atoms with E-state index in [-0.39, 0.29) is 5.97 Å². The lowest BCUT2D eigenvalue weighted by atomic mass is 10.0. The molecular weight excluding hydrogens is 236 g/mol. The summed E-state index contributed by atoms with van der Waals surface area (Å²) in [4.78, 5) is 11.5. The summed E-state index contributed by atoms with van der Waals surface area (Å²) in [5.41, 5.74) is 1.30. The minimum atomic E-state index is -0.0454. The standard InChI is InChI=1S/C17H26O2/c1-3-4-5-9-12-17(18)19-14-15(2)13-16-10-7-6-8-11-16/h6-8,10-11,15H,3-5,9,12-14H2,1-2H3/t15-/m1/s1. The highest BCUT2D eigenvalue weighted by Gasteiger charge is 2.08. The Hall–Kier alpha value is -1.31. The van der Waals surface area contributed by atoms with Crippen LogP contribution in [0.15, 0.2) is 30.3 Å². The number of benzene rings is 1. The third kappa shape index (κ3) is 7.66. The summed E-state index contributed by atoms with van der Waals surface area (Å²) in [5.74, 6) is 0.331. The maximum Gasteiger partial charge on any atom is 0.305 e. The van der Waals surface area contributed by atoms with E-state index >= 15 is 0 Å². The smallest absolute Gasteiger partial charge is 0.305 e. The molecule has 0 aliphatic rings. The molecule has 0 saturated heterocycles. The van der Waals surface area contributed by atoms with Crippen LogP contribution in [0, 0.1) is 5.92 Å². The van der Waals surface area contributed by atoms with Crippen molar-refractivity contribution in [1.82, 2.24) is 0 Å². The van der Waals surface area contributed by atoms with Crippen molar-refractivity contribution in [2.75, 3.05) is 6.61 Å². The third-order valence-electron chi connectivity index (χ3n) is 3.19. The first-order chi connectivity index (χ1) is 9.22. The third-order valence-corrected chi connectivity index (χ3v) is 3.19. The van der Waals surface area contributed by atoms with Crippen molar-refractivity contribution >= 4 is 5.97 Å². The number of esters is 1. The molecule has 2 heteroatoms. The van der Waals surface area contributed by atoms with E-state index in [1.165, 1.54) is 18.4 Å². The van der Waals surface area contributed by atoms with E-state index in [2.05, 4.69) is 26.0 Å². The van der Waals surface area contributed by atoms with Crippen molar-refractivity contribution in [3.63, 3.8) is 0 Å². The first-order valence-corrected chi connectivity index (χ1v) is 7.42. The highest BCUT2D eigenvalue weighted by molar-refractivity contribution is 5.69. The van der Waals surface area contributed by atoms with Crippen LogP contribution in [0.1, 0.15) is 51.5 Å². The summed E-state index contributed by atoms with van der Waals surface area (Å²) >= 11 is 0. The van der Waals surface area contributed by atoms with Gasteiger partial charge in [0.15, 0.2) is 0 Å². The average molecular weight is 262 g/mol. The van der Waals surface area contributed by atoms with Gasteiger partial charge in [0.1, 0.15) is 0 Å². The maximum atomic E-state index is 11.5. The average Bonchev–Trinajstić information content (AvgIpc) is 2.42. The summed E-state index contributed by atoms with van der Waals surface area (Å²) in [6.07, 6.45) is 6.02. The van der Waals surface area contributed by atoms with Crippen LogP contribution in [0.2, 0.25) is 0 Å². The van der Waals surface area contributed by atoms with Crippen LogP contribution < -0.4 is 0 Å². The Morgan fingerprint density at radius 3 is 2.58 bits per heavy atom. The molecule has 0 saturated carbocycles. The highest BCUT2D eigenvalue weighted by Crippen LogP contribution is 2.09. The summed E-state index contributed by atoms with van der Waals surface area (Å²) in [6.45, 7) is 4.82. The van der Waals surface area contributed by atoms with E-state index in [1.54, 1.807) is 0 Å². The number of hydrogen-bond acceptors (Lipinski definition) is 2. The van der Waals surface area contributed by atoms with Crippen LogP contribution in [0.25, 0.3) is 0 Å². The molecule has 0 N–H and O–H groups in total. The molecule has 106 valence electrons. The molecule has 0 heterocycles. The van der Waals surface area contributed by atoms with Gasteiger partial charge in [-0.25, -0.2) is 0 Å². The monoisotopic (exact) mass is 262 g/mol. The van der Waals surface area contributed by atoms with Gasteiger partial charge < -0.3 is 4.74 Å². The topological polar surface area (TPSA) is 26.3 Å². The van der Waals surface area contributed by atoms with Crippen molar-refractivity contribution < 1.29 is 9.53 Å². The molecule has 0 unspecified atom stereocenters. The van der Waals surface area contributed by atoms with Crippen molar-refractivity contribution in [3.05, 3.63) is 35.9 Å². The Labute approximate surface area is 117 Å². The zero-order valence-corrected chi connectivity index (χ0v) is 12.2. The lowest BCUT2D eigenvalue weighted by Gasteiger charge is -2.12. The van der Waals surface area contributed by atoms with Gasteiger partial charge in [-0.1, -0.05) is 63.4 Å². The zero-order chi connectivity index (χ0) is 13.9. The minimum absolute atomic E-state index is 0.0454. The Morgan fingerprint density at radius 2 is 1.89 bits per heavy atom. The number of carbonyl (C=O) groups is 1. The summed E-state index contributed by atoms with van der Waals surface area (Å²) in [7, 11) is 0. The molecule has 2 nitrogen and oxygen atoms in total. The summed E-state index contributed by atoms with van der Waals surface area (Å²) in [5, 5.41) is 0. The largest absolute Gasteiger partial charge is 0.465 e. The molecule has 1 atom stereocenters. The molecule has 1 aromatic carbocycles. The molecule has 0 spiro atoms. The molecule has 19 heavy (non-hydrogen) atoms. The normalized spacial score (nSPS) is 12.1. The van der Waals surface area contributed by atoms with Gasteiger partial charge in [-0.15, -0.1) is 0 Å². The Morgan fingerprint density at radius 1 is 1.16 bits per heavy atom. The van der Waals surface area contributed by atoms with E-state index in [1.807, 2.05) is 18.2 Å². The minimum Gasteiger partial charge on any atom is -0.465 e. The fourth-order valence-corrected chi connectivity index (χ4v) is 2.08. The fraction of sp³-hybridized carbons (Fsp3) is 0.588. The lowest BCUT2D eigenvalue weighted by molar-refractivity contribution is -0.145. The number of hydrogen-bond donors (Lipinski definition) is 0. The second kappa shape index (κ2) is 9.60. The van der Waals surface area contributed by atoms with E-state index in [4.69, 9.17) is 4.74 Å². The van der Waals surface area contributed by atoms with Crippen LogP contribution in [-0.2, 0) is 16.0 Å². The van der Waals surface area contributed by atoms with Crippen LogP contribution in [0.5, 0.6) is 0 Å². The van der Waals surface area contributed by atoms with Crippen LogP contribution in [0.3, 0.4) is 0 Å². The highest BCUT2D eigenvalue weighted by atomic mass is 16.5. The zero-order valence-electron chi connectivity index (χ0n) is 12.2. The van der Waals surface area contributed by atoms with Gasteiger partial charge in [0.25, 0.3) is 0 Å². The molecule has 1 aromatic rings. The first-order valence-electron chi connectivity index (χ1n) is 7.42. The number of rotatable bonds is 9. The second-order valence-electron chi connectivity index (χ2n) is 5.29. The van der Waals surface area contributed by atoms with Crippen molar-refractivity contribution in [1.29, 1.82) is 0 Å². The van der Waals surface area contributed by atoms with E-state index in [0.717, 1.165) is 19.3 Å². The van der Waals surface area contributed by atoms with Crippen LogP contribution >= 0.6 is 0 Å². The van der Waals surface area contributed by atoms with Crippen LogP contribution in [-0.4, -0.2) is 12.6 Å². The van der Waals surface area contributed by atoms with Gasteiger partial charge in [-0.3, -0.25) is 4.79 Å².